The lowest BCUT2D eigenvalue weighted by Gasteiger charge is -2.00. The van der Waals surface area contributed by atoms with Gasteiger partial charge in [-0.25, -0.2) is 19.7 Å². The number of nitrogens with one attached hydrogen (secondary N) is 1. The van der Waals surface area contributed by atoms with Gasteiger partial charge in [0.05, 0.1) is 11.9 Å². The van der Waals surface area contributed by atoms with Crippen LogP contribution >= 0.6 is 34.7 Å². The molecule has 0 aliphatic rings. The van der Waals surface area contributed by atoms with E-state index >= 15 is 0 Å². The molecule has 0 saturated heterocycles. The fraction of sp³-hybridized carbons (Fsp3) is 0.429. The Morgan fingerprint density at radius 3 is 2.94 bits per heavy atom. The molecule has 6 nitrogen and oxygen atoms in total. The molecule has 0 amide bonds. The van der Waals surface area contributed by atoms with Crippen LogP contribution in [0.25, 0.3) is 0 Å². The van der Waals surface area contributed by atoms with E-state index in [1.807, 2.05) is 0 Å². The van der Waals surface area contributed by atoms with Crippen LogP contribution < -0.4 is 5.43 Å². The van der Waals surface area contributed by atoms with Crippen LogP contribution in [0.2, 0.25) is 4.47 Å². The topological polar surface area (TPSA) is 71.1 Å². The minimum absolute atomic E-state index is 0.467. The number of hydrogen-bond donors (Lipinski definition) is 1. The van der Waals surface area contributed by atoms with Gasteiger partial charge >= 0.3 is 5.17 Å². The first-order valence-corrected chi connectivity index (χ1v) is 6.58. The summed E-state index contributed by atoms with van der Waals surface area (Å²) in [6.45, 7) is 0.529. The van der Waals surface area contributed by atoms with Crippen molar-refractivity contribution in [3.8, 4) is 0 Å². The van der Waals surface area contributed by atoms with E-state index in [1.165, 1.54) is 23.1 Å². The zero-order chi connectivity index (χ0) is 12.1. The molecule has 0 spiro atoms. The fourth-order valence-electron chi connectivity index (χ4n) is 1.03. The number of thiazole rings is 1. The molecular formula is C7H10ClN4O2S2+. The molecule has 9 heteroatoms. The Hall–Kier alpha value is -0.860. The highest BCUT2D eigenvalue weighted by atomic mass is 35.5. The van der Waals surface area contributed by atoms with Gasteiger partial charge in [-0.3, -0.25) is 0 Å². The molecule has 0 aliphatic carbocycles. The molecule has 0 aromatic carbocycles. The van der Waals surface area contributed by atoms with Gasteiger partial charge in [-0.15, -0.1) is 11.3 Å². The molecule has 0 saturated carbocycles. The summed E-state index contributed by atoms with van der Waals surface area (Å²) in [4.78, 5) is 15.2. The molecule has 1 rings (SSSR count). The van der Waals surface area contributed by atoms with Crippen LogP contribution in [0.3, 0.4) is 0 Å². The molecule has 16 heavy (non-hydrogen) atoms. The van der Waals surface area contributed by atoms with Crippen LogP contribution in [0.1, 0.15) is 4.88 Å². The number of thioether (sulfide) groups is 1. The number of nitrogens with zero attached hydrogens (tertiary/aromatic N) is 3. The standard InChI is InChI=1S/C7H9ClN4O2S2/c1-11(7(15-2)10-12(13)14)4-5-3-9-6(8)16-5/h3H,4H2,1-2H3/p+1. The summed E-state index contributed by atoms with van der Waals surface area (Å²) in [5.41, 5.74) is 2.14. The Kier molecular flexibility index (Phi) is 4.97. The predicted octanol–water partition coefficient (Wildman–Crippen LogP) is 1.44. The number of hydrazine groups is 1. The van der Waals surface area contributed by atoms with Gasteiger partial charge in [-0.1, -0.05) is 11.6 Å². The van der Waals surface area contributed by atoms with Gasteiger partial charge in [-0.2, -0.15) is 0 Å². The maximum atomic E-state index is 10.3. The third-order valence-electron chi connectivity index (χ3n) is 1.65. The number of nitro groups is 1. The first kappa shape index (κ1) is 13.2. The summed E-state index contributed by atoms with van der Waals surface area (Å²) >= 11 is 8.32. The van der Waals surface area contributed by atoms with Crippen LogP contribution in [0.15, 0.2) is 6.20 Å². The van der Waals surface area contributed by atoms with E-state index in [0.29, 0.717) is 16.2 Å². The van der Waals surface area contributed by atoms with Gasteiger partial charge in [0.15, 0.2) is 4.47 Å². The molecule has 1 heterocycles. The second kappa shape index (κ2) is 6.02. The SMILES string of the molecule is CSC(N[N+](=O)[O-])=[N+](C)Cc1cnc(Cl)s1. The van der Waals surface area contributed by atoms with Crippen molar-refractivity contribution in [3.05, 3.63) is 25.7 Å². The molecule has 0 unspecified atom stereocenters. The van der Waals surface area contributed by atoms with E-state index in [4.69, 9.17) is 11.6 Å². The van der Waals surface area contributed by atoms with E-state index < -0.39 is 5.03 Å². The molecule has 0 fully saturated rings. The Labute approximate surface area is 105 Å². The molecule has 0 bridgehead atoms. The van der Waals surface area contributed by atoms with Crippen molar-refractivity contribution in [1.29, 1.82) is 0 Å². The number of aromatic nitrogens is 1. The summed E-state index contributed by atoms with van der Waals surface area (Å²) in [7, 11) is 1.76. The van der Waals surface area contributed by atoms with Gasteiger partial charge in [0.2, 0.25) is 5.03 Å². The summed E-state index contributed by atoms with van der Waals surface area (Å²) in [6, 6.07) is 0. The minimum atomic E-state index is -0.581. The van der Waals surface area contributed by atoms with Crippen molar-refractivity contribution < 1.29 is 9.61 Å². The molecule has 1 aromatic rings. The van der Waals surface area contributed by atoms with Crippen LogP contribution in [-0.2, 0) is 6.54 Å². The lowest BCUT2D eigenvalue weighted by atomic mass is 10.5. The third-order valence-corrected chi connectivity index (χ3v) is 3.53. The van der Waals surface area contributed by atoms with E-state index in [9.17, 15) is 10.1 Å². The second-order valence-electron chi connectivity index (χ2n) is 2.81. The number of hydrogen-bond acceptors (Lipinski definition) is 5. The van der Waals surface area contributed by atoms with Gasteiger partial charge in [0, 0.05) is 11.6 Å². The zero-order valence-electron chi connectivity index (χ0n) is 8.64. The number of halogens is 1. The monoisotopic (exact) mass is 281 g/mol. The number of amidine groups is 1. The second-order valence-corrected chi connectivity index (χ2v) is 5.31. The largest absolute Gasteiger partial charge is 0.370 e. The first-order chi connectivity index (χ1) is 7.52. The van der Waals surface area contributed by atoms with E-state index in [-0.39, 0.29) is 0 Å². The van der Waals surface area contributed by atoms with Crippen molar-refractivity contribution >= 4 is 39.9 Å². The summed E-state index contributed by atoms with van der Waals surface area (Å²) < 4.78 is 2.20. The smallest absolute Gasteiger partial charge is 0.249 e. The molecular weight excluding hydrogens is 272 g/mol. The Morgan fingerprint density at radius 1 is 1.81 bits per heavy atom. The fourth-order valence-corrected chi connectivity index (χ4v) is 2.60. The van der Waals surface area contributed by atoms with E-state index in [0.717, 1.165) is 4.88 Å². The highest BCUT2D eigenvalue weighted by Gasteiger charge is 2.16. The van der Waals surface area contributed by atoms with Gasteiger partial charge in [0.1, 0.15) is 6.54 Å². The van der Waals surface area contributed by atoms with Gasteiger partial charge < -0.3 is 0 Å². The summed E-state index contributed by atoms with van der Waals surface area (Å²) in [5, 5.41) is 10.2. The molecule has 0 radical (unpaired) electrons. The average Bonchev–Trinajstić information content (AvgIpc) is 2.60. The molecule has 88 valence electrons. The molecule has 0 atom stereocenters. The maximum absolute atomic E-state index is 10.3. The van der Waals surface area contributed by atoms with Crippen molar-refractivity contribution in [1.82, 2.24) is 10.4 Å². The van der Waals surface area contributed by atoms with E-state index in [2.05, 4.69) is 10.4 Å². The zero-order valence-corrected chi connectivity index (χ0v) is 11.0. The lowest BCUT2D eigenvalue weighted by Crippen LogP contribution is -2.33. The highest BCUT2D eigenvalue weighted by molar-refractivity contribution is 8.12. The van der Waals surface area contributed by atoms with E-state index in [1.54, 1.807) is 24.1 Å². The molecule has 1 aromatic heterocycles. The van der Waals surface area contributed by atoms with Crippen molar-refractivity contribution in [2.45, 2.75) is 6.54 Å². The van der Waals surface area contributed by atoms with Gasteiger partial charge in [0.25, 0.3) is 0 Å². The van der Waals surface area contributed by atoms with Gasteiger partial charge in [-0.05, 0) is 18.0 Å². The Bertz CT molecular complexity index is 420. The van der Waals surface area contributed by atoms with Crippen LogP contribution in [0, 0.1) is 10.1 Å². The predicted molar refractivity (Wildman–Crippen MR) is 65.7 cm³/mol. The number of rotatable bonds is 3. The normalized spacial score (nSPS) is 12.2. The maximum Gasteiger partial charge on any atom is 0.370 e. The Balaban J connectivity index is 2.77. The minimum Gasteiger partial charge on any atom is -0.249 e. The van der Waals surface area contributed by atoms with Crippen molar-refractivity contribution in [2.24, 2.45) is 0 Å². The summed E-state index contributed by atoms with van der Waals surface area (Å²) in [6.07, 6.45) is 3.43. The molecule has 1 N–H and O–H groups in total. The summed E-state index contributed by atoms with van der Waals surface area (Å²) in [5.74, 6) is 0. The molecule has 0 aliphatic heterocycles. The van der Waals surface area contributed by atoms with Crippen molar-refractivity contribution in [2.75, 3.05) is 13.3 Å². The average molecular weight is 282 g/mol. The van der Waals surface area contributed by atoms with Crippen LogP contribution in [-0.4, -0.2) is 33.1 Å². The Morgan fingerprint density at radius 2 is 2.50 bits per heavy atom. The van der Waals surface area contributed by atoms with Crippen LogP contribution in [0.5, 0.6) is 0 Å². The quantitative estimate of drug-likeness (QED) is 0.298. The highest BCUT2D eigenvalue weighted by Crippen LogP contribution is 2.18. The first-order valence-electron chi connectivity index (χ1n) is 4.16. The third kappa shape index (κ3) is 3.95. The van der Waals surface area contributed by atoms with Crippen LogP contribution in [0.4, 0.5) is 0 Å². The van der Waals surface area contributed by atoms with Crippen molar-refractivity contribution in [3.63, 3.8) is 0 Å². The lowest BCUT2D eigenvalue weighted by molar-refractivity contribution is -0.558.